The summed E-state index contributed by atoms with van der Waals surface area (Å²) in [6.45, 7) is 4.31. The molecule has 1 aliphatic heterocycles. The Morgan fingerprint density at radius 1 is 1.03 bits per heavy atom. The molecule has 35 heavy (non-hydrogen) atoms. The lowest BCUT2D eigenvalue weighted by Crippen LogP contribution is -2.33. The Morgan fingerprint density at radius 2 is 1.80 bits per heavy atom. The monoisotopic (exact) mass is 508 g/mol. The minimum Gasteiger partial charge on any atom is -0.268 e. The van der Waals surface area contributed by atoms with Crippen LogP contribution in [-0.2, 0) is 10.2 Å². The van der Waals surface area contributed by atoms with Crippen LogP contribution < -0.4 is 4.72 Å². The van der Waals surface area contributed by atoms with E-state index in [0.29, 0.717) is 34.4 Å². The summed E-state index contributed by atoms with van der Waals surface area (Å²) in [6, 6.07) is 15.8. The lowest BCUT2D eigenvalue weighted by molar-refractivity contribution is 0.482. The minimum atomic E-state index is -3.86. The maximum Gasteiger partial charge on any atom is 0.301 e. The van der Waals surface area contributed by atoms with Crippen LogP contribution in [0, 0.1) is 5.82 Å². The van der Waals surface area contributed by atoms with Crippen LogP contribution in [-0.4, -0.2) is 47.5 Å². The number of hydrogen-bond acceptors (Lipinski definition) is 7. The van der Waals surface area contributed by atoms with Gasteiger partial charge in [0.15, 0.2) is 5.82 Å². The van der Waals surface area contributed by atoms with Crippen molar-refractivity contribution in [2.24, 2.45) is 4.99 Å². The third-order valence-corrected chi connectivity index (χ3v) is 8.21. The van der Waals surface area contributed by atoms with E-state index in [0.717, 1.165) is 18.4 Å². The number of hydrogen-bond donors (Lipinski definition) is 1. The highest BCUT2D eigenvalue weighted by Crippen LogP contribution is 2.42. The fraction of sp³-hybridized carbons (Fsp3) is 0.167. The highest BCUT2D eigenvalue weighted by Gasteiger charge is 2.27. The molecule has 3 heterocycles. The van der Waals surface area contributed by atoms with Gasteiger partial charge in [-0.1, -0.05) is 36.4 Å². The second-order valence-electron chi connectivity index (χ2n) is 7.84. The zero-order valence-electron chi connectivity index (χ0n) is 18.6. The molecule has 0 atom stereocenters. The van der Waals surface area contributed by atoms with Gasteiger partial charge in [0.1, 0.15) is 5.01 Å². The van der Waals surface area contributed by atoms with Crippen LogP contribution in [0.4, 0.5) is 16.0 Å². The van der Waals surface area contributed by atoms with Crippen molar-refractivity contribution in [3.8, 4) is 32.4 Å². The van der Waals surface area contributed by atoms with Crippen molar-refractivity contribution in [2.45, 2.75) is 12.8 Å². The molecule has 5 rings (SSSR count). The molecule has 2 aromatic carbocycles. The number of nitrogens with zero attached hydrogens (tertiary/aromatic N) is 5. The summed E-state index contributed by atoms with van der Waals surface area (Å²) in [5.74, 6) is -0.520. The summed E-state index contributed by atoms with van der Waals surface area (Å²) < 4.78 is 45.0. The number of anilines is 1. The van der Waals surface area contributed by atoms with Gasteiger partial charge in [0, 0.05) is 30.4 Å². The van der Waals surface area contributed by atoms with Crippen molar-refractivity contribution in [1.29, 1.82) is 0 Å². The van der Waals surface area contributed by atoms with E-state index in [9.17, 15) is 8.42 Å². The lowest BCUT2D eigenvalue weighted by Gasteiger charge is -2.17. The maximum absolute atomic E-state index is 15.8. The van der Waals surface area contributed by atoms with Crippen LogP contribution in [0.2, 0.25) is 0 Å². The third kappa shape index (κ3) is 4.70. The first-order valence-electron chi connectivity index (χ1n) is 10.9. The maximum atomic E-state index is 15.8. The van der Waals surface area contributed by atoms with Crippen molar-refractivity contribution >= 4 is 39.9 Å². The molecule has 1 fully saturated rings. The molecule has 1 aliphatic rings. The Balaban J connectivity index is 1.63. The van der Waals surface area contributed by atoms with Crippen molar-refractivity contribution in [2.75, 3.05) is 17.8 Å². The first-order chi connectivity index (χ1) is 17.0. The molecule has 0 amide bonds. The Morgan fingerprint density at radius 3 is 2.54 bits per heavy atom. The van der Waals surface area contributed by atoms with E-state index in [4.69, 9.17) is 4.98 Å². The number of halogens is 1. The van der Waals surface area contributed by atoms with Crippen molar-refractivity contribution in [1.82, 2.24) is 19.3 Å². The van der Waals surface area contributed by atoms with E-state index >= 15 is 4.39 Å². The predicted molar refractivity (Wildman–Crippen MR) is 137 cm³/mol. The summed E-state index contributed by atoms with van der Waals surface area (Å²) in [5.41, 5.74) is 1.76. The zero-order chi connectivity index (χ0) is 24.4. The largest absolute Gasteiger partial charge is 0.301 e. The number of rotatable bonds is 7. The normalized spacial score (nSPS) is 14.2. The smallest absolute Gasteiger partial charge is 0.268 e. The summed E-state index contributed by atoms with van der Waals surface area (Å²) in [6.07, 6.45) is 3.12. The van der Waals surface area contributed by atoms with Crippen LogP contribution >= 0.6 is 11.3 Å². The van der Waals surface area contributed by atoms with Gasteiger partial charge in [-0.3, -0.25) is 4.72 Å². The average Bonchev–Trinajstić information content (AvgIpc) is 3.57. The number of thiazole rings is 1. The van der Waals surface area contributed by atoms with E-state index in [1.807, 2.05) is 30.3 Å². The van der Waals surface area contributed by atoms with Gasteiger partial charge in [-0.2, -0.15) is 12.7 Å². The number of aliphatic imine (C=N–C) groups is 1. The average molecular weight is 509 g/mol. The molecule has 0 saturated carbocycles. The second-order valence-corrected chi connectivity index (χ2v) is 10.5. The summed E-state index contributed by atoms with van der Waals surface area (Å²) in [5, 5.41) is 0.671. The Labute approximate surface area is 206 Å². The molecule has 0 aliphatic carbocycles. The summed E-state index contributed by atoms with van der Waals surface area (Å²) >= 11 is 1.35. The van der Waals surface area contributed by atoms with E-state index in [1.165, 1.54) is 21.7 Å². The molecule has 0 radical (unpaired) electrons. The molecule has 8 nitrogen and oxygen atoms in total. The fourth-order valence-electron chi connectivity index (χ4n) is 3.86. The third-order valence-electron chi connectivity index (χ3n) is 5.56. The van der Waals surface area contributed by atoms with Crippen molar-refractivity contribution in [3.05, 3.63) is 66.6 Å². The van der Waals surface area contributed by atoms with Gasteiger partial charge in [-0.15, -0.1) is 11.3 Å². The van der Waals surface area contributed by atoms with Crippen LogP contribution in [0.25, 0.3) is 32.4 Å². The minimum absolute atomic E-state index is 0.134. The van der Waals surface area contributed by atoms with Crippen LogP contribution in [0.15, 0.2) is 65.8 Å². The molecule has 2 aromatic heterocycles. The molecule has 0 spiro atoms. The first kappa shape index (κ1) is 23.2. The fourth-order valence-corrected chi connectivity index (χ4v) is 6.22. The molecule has 0 bridgehead atoms. The molecule has 11 heteroatoms. The highest BCUT2D eigenvalue weighted by atomic mass is 32.2. The zero-order valence-corrected chi connectivity index (χ0v) is 20.2. The molecule has 1 saturated heterocycles. The number of nitrogens with one attached hydrogen (secondary N) is 1. The SMILES string of the molecule is C=Nc1nccc(-c2sc(-c3ccccc3)nc2-c2cccc(NS(=O)(=O)N3CCCC3)c2F)n1. The number of benzene rings is 2. The van der Waals surface area contributed by atoms with Crippen molar-refractivity contribution in [3.63, 3.8) is 0 Å². The second kappa shape index (κ2) is 9.61. The van der Waals surface area contributed by atoms with Gasteiger partial charge in [0.05, 0.1) is 22.0 Å². The van der Waals surface area contributed by atoms with Gasteiger partial charge < -0.3 is 0 Å². The predicted octanol–water partition coefficient (Wildman–Crippen LogP) is 5.16. The quantitative estimate of drug-likeness (QED) is 0.348. The van der Waals surface area contributed by atoms with Gasteiger partial charge in [0.25, 0.3) is 0 Å². The highest BCUT2D eigenvalue weighted by molar-refractivity contribution is 7.90. The molecule has 4 aromatic rings. The molecule has 0 unspecified atom stereocenters. The first-order valence-corrected chi connectivity index (χ1v) is 13.1. The van der Waals surface area contributed by atoms with Gasteiger partial charge >= 0.3 is 10.2 Å². The van der Waals surface area contributed by atoms with Gasteiger partial charge in [-0.25, -0.2) is 24.3 Å². The van der Waals surface area contributed by atoms with E-state index in [1.54, 1.807) is 24.4 Å². The Bertz CT molecular complexity index is 1490. The topological polar surface area (TPSA) is 100 Å². The van der Waals surface area contributed by atoms with Gasteiger partial charge in [0.2, 0.25) is 5.95 Å². The summed E-state index contributed by atoms with van der Waals surface area (Å²) in [4.78, 5) is 17.6. The van der Waals surface area contributed by atoms with E-state index in [2.05, 4.69) is 26.4 Å². The Kier molecular flexibility index (Phi) is 6.37. The van der Waals surface area contributed by atoms with Crippen LogP contribution in [0.3, 0.4) is 0 Å². The lowest BCUT2D eigenvalue weighted by atomic mass is 10.1. The molecule has 178 valence electrons. The van der Waals surface area contributed by atoms with Crippen LogP contribution in [0.1, 0.15) is 12.8 Å². The summed E-state index contributed by atoms with van der Waals surface area (Å²) in [7, 11) is -3.86. The van der Waals surface area contributed by atoms with E-state index < -0.39 is 16.0 Å². The molecular weight excluding hydrogens is 487 g/mol. The van der Waals surface area contributed by atoms with E-state index in [-0.39, 0.29) is 17.2 Å². The Hall–Kier alpha value is -3.54. The van der Waals surface area contributed by atoms with Crippen molar-refractivity contribution < 1.29 is 12.8 Å². The number of aromatic nitrogens is 3. The standard InChI is InChI=1S/C24H21FN6O2S2/c1-26-24-27-13-12-19(28-24)22-21(29-23(34-22)16-8-3-2-4-9-16)17-10-7-11-18(20(17)25)30-35(32,33)31-14-5-6-15-31/h2-4,7-13,30H,1,5-6,14-15H2. The molecule has 1 N–H and O–H groups in total. The van der Waals surface area contributed by atoms with Gasteiger partial charge in [-0.05, 0) is 37.8 Å². The van der Waals surface area contributed by atoms with Crippen LogP contribution in [0.5, 0.6) is 0 Å². The molecular formula is C24H21FN6O2S2.